The zero-order valence-electron chi connectivity index (χ0n) is 8.37. The number of rotatable bonds is 3. The first kappa shape index (κ1) is 10.3. The molecule has 0 N–H and O–H groups in total. The van der Waals surface area contributed by atoms with E-state index in [0.717, 1.165) is 12.0 Å². The molecule has 6 heteroatoms. The lowest BCUT2D eigenvalue weighted by Crippen LogP contribution is -2.11. The first-order valence-corrected chi connectivity index (χ1v) is 4.75. The van der Waals surface area contributed by atoms with E-state index >= 15 is 0 Å². The lowest BCUT2D eigenvalue weighted by Gasteiger charge is -2.12. The molecule has 1 heterocycles. The van der Waals surface area contributed by atoms with Crippen LogP contribution in [0.1, 0.15) is 6.42 Å². The molecule has 2 rings (SSSR count). The van der Waals surface area contributed by atoms with E-state index in [1.807, 2.05) is 0 Å². The predicted molar refractivity (Wildman–Crippen MR) is 58.6 cm³/mol. The quantitative estimate of drug-likeness (QED) is 0.437. The van der Waals surface area contributed by atoms with Crippen LogP contribution in [0.4, 0.5) is 11.4 Å². The molecule has 0 aromatic heterocycles. The highest BCUT2D eigenvalue weighted by Crippen LogP contribution is 2.22. The van der Waals surface area contributed by atoms with Crippen LogP contribution in [0.25, 0.3) is 0 Å². The summed E-state index contributed by atoms with van der Waals surface area (Å²) in [6, 6.07) is 6.08. The first-order valence-electron chi connectivity index (χ1n) is 4.75. The summed E-state index contributed by atoms with van der Waals surface area (Å²) in [7, 11) is 0. The number of nitrogens with zero attached hydrogens (tertiary/aromatic N) is 3. The van der Waals surface area contributed by atoms with Gasteiger partial charge in [0.05, 0.1) is 10.6 Å². The summed E-state index contributed by atoms with van der Waals surface area (Å²) in [5, 5.41) is 16.2. The second-order valence-electron chi connectivity index (χ2n) is 3.36. The fourth-order valence-corrected chi connectivity index (χ4v) is 1.49. The van der Waals surface area contributed by atoms with Crippen LogP contribution >= 0.6 is 0 Å². The summed E-state index contributed by atoms with van der Waals surface area (Å²) in [6.07, 6.45) is 1.34. The third-order valence-electron chi connectivity index (χ3n) is 2.32. The van der Waals surface area contributed by atoms with Gasteiger partial charge in [0, 0.05) is 25.1 Å². The average molecular weight is 219 g/mol. The van der Waals surface area contributed by atoms with E-state index in [9.17, 15) is 14.9 Å². The highest BCUT2D eigenvalue weighted by atomic mass is 16.6. The molecular weight excluding hydrogens is 210 g/mol. The Balaban J connectivity index is 2.20. The molecule has 82 valence electrons. The number of hydrogen-bond acceptors (Lipinski definition) is 5. The molecule has 0 amide bonds. The Hall–Kier alpha value is -2.24. The maximum Gasteiger partial charge on any atom is 0.269 e. The highest BCUT2D eigenvalue weighted by molar-refractivity contribution is 6.29. The molecule has 0 radical (unpaired) electrons. The van der Waals surface area contributed by atoms with Gasteiger partial charge in [-0.25, -0.2) is 0 Å². The number of hydrogen-bond donors (Lipinski definition) is 0. The Morgan fingerprint density at radius 2 is 2.06 bits per heavy atom. The number of non-ortho nitro benzene ring substituents is 1. The van der Waals surface area contributed by atoms with Gasteiger partial charge >= 0.3 is 0 Å². The smallest absolute Gasteiger partial charge is 0.269 e. The largest absolute Gasteiger partial charge is 0.296 e. The van der Waals surface area contributed by atoms with Gasteiger partial charge in [-0.05, 0) is 12.1 Å². The minimum Gasteiger partial charge on any atom is -0.296 e. The predicted octanol–water partition coefficient (Wildman–Crippen LogP) is 1.36. The number of hydrazone groups is 1. The molecule has 0 atom stereocenters. The SMILES string of the molecule is O=CC1=NN(c2ccc([N+](=O)[O-])cc2)CC1. The van der Waals surface area contributed by atoms with E-state index < -0.39 is 4.92 Å². The van der Waals surface area contributed by atoms with Gasteiger partial charge in [-0.2, -0.15) is 5.10 Å². The van der Waals surface area contributed by atoms with E-state index in [2.05, 4.69) is 5.10 Å². The van der Waals surface area contributed by atoms with Crippen molar-refractivity contribution in [1.82, 2.24) is 0 Å². The van der Waals surface area contributed by atoms with Gasteiger partial charge in [-0.3, -0.25) is 19.9 Å². The Labute approximate surface area is 91.3 Å². The summed E-state index contributed by atoms with van der Waals surface area (Å²) >= 11 is 0. The topological polar surface area (TPSA) is 75.8 Å². The van der Waals surface area contributed by atoms with Crippen LogP contribution in [0.15, 0.2) is 29.4 Å². The van der Waals surface area contributed by atoms with Crippen LogP contribution < -0.4 is 5.01 Å². The lowest BCUT2D eigenvalue weighted by molar-refractivity contribution is -0.384. The van der Waals surface area contributed by atoms with Crippen LogP contribution in [-0.4, -0.2) is 23.5 Å². The number of benzene rings is 1. The van der Waals surface area contributed by atoms with Gasteiger partial charge in [0.1, 0.15) is 5.71 Å². The maximum atomic E-state index is 10.5. The molecule has 0 saturated carbocycles. The van der Waals surface area contributed by atoms with Crippen molar-refractivity contribution in [3.63, 3.8) is 0 Å². The van der Waals surface area contributed by atoms with Gasteiger partial charge in [0.2, 0.25) is 0 Å². The number of nitro groups is 1. The molecule has 0 aliphatic carbocycles. The molecule has 0 bridgehead atoms. The van der Waals surface area contributed by atoms with Crippen LogP contribution in [0.2, 0.25) is 0 Å². The van der Waals surface area contributed by atoms with Gasteiger partial charge in [-0.1, -0.05) is 0 Å². The minimum absolute atomic E-state index is 0.0440. The van der Waals surface area contributed by atoms with Crippen LogP contribution in [0, 0.1) is 10.1 Å². The third-order valence-corrected chi connectivity index (χ3v) is 2.32. The fraction of sp³-hybridized carbons (Fsp3) is 0.200. The van der Waals surface area contributed by atoms with Crippen molar-refractivity contribution in [3.05, 3.63) is 34.4 Å². The molecule has 1 aromatic rings. The summed E-state index contributed by atoms with van der Waals surface area (Å²) in [5.41, 5.74) is 1.29. The Bertz CT molecular complexity index is 453. The Morgan fingerprint density at radius 3 is 2.56 bits per heavy atom. The number of aldehydes is 1. The van der Waals surface area contributed by atoms with Crippen LogP contribution in [0.3, 0.4) is 0 Å². The van der Waals surface area contributed by atoms with Crippen molar-refractivity contribution >= 4 is 23.4 Å². The third kappa shape index (κ3) is 1.90. The number of nitro benzene ring substituents is 1. The molecule has 1 aliphatic rings. The monoisotopic (exact) mass is 219 g/mol. The van der Waals surface area contributed by atoms with E-state index in [1.54, 1.807) is 17.1 Å². The van der Waals surface area contributed by atoms with Crippen LogP contribution in [0.5, 0.6) is 0 Å². The average Bonchev–Trinajstić information content (AvgIpc) is 2.77. The fourth-order valence-electron chi connectivity index (χ4n) is 1.49. The van der Waals surface area contributed by atoms with E-state index in [0.29, 0.717) is 18.7 Å². The summed E-state index contributed by atoms with van der Waals surface area (Å²) in [5.74, 6) is 0. The maximum absolute atomic E-state index is 10.5. The van der Waals surface area contributed by atoms with Gasteiger partial charge in [0.25, 0.3) is 5.69 Å². The Kier molecular flexibility index (Phi) is 2.63. The minimum atomic E-state index is -0.451. The van der Waals surface area contributed by atoms with Gasteiger partial charge in [-0.15, -0.1) is 0 Å². The molecule has 16 heavy (non-hydrogen) atoms. The second kappa shape index (κ2) is 4.09. The van der Waals surface area contributed by atoms with Crippen molar-refractivity contribution in [1.29, 1.82) is 0 Å². The molecule has 1 aromatic carbocycles. The second-order valence-corrected chi connectivity index (χ2v) is 3.36. The van der Waals surface area contributed by atoms with E-state index in [1.165, 1.54) is 12.1 Å². The summed E-state index contributed by atoms with van der Waals surface area (Å²) in [6.45, 7) is 0.631. The van der Waals surface area contributed by atoms with Crippen molar-refractivity contribution in [2.45, 2.75) is 6.42 Å². The van der Waals surface area contributed by atoms with Crippen molar-refractivity contribution in [2.75, 3.05) is 11.6 Å². The van der Waals surface area contributed by atoms with E-state index in [-0.39, 0.29) is 5.69 Å². The zero-order valence-corrected chi connectivity index (χ0v) is 8.37. The standard InChI is InChI=1S/C10H9N3O3/c14-7-8-5-6-12(11-8)9-1-3-10(4-2-9)13(15)16/h1-4,7H,5-6H2. The Morgan fingerprint density at radius 1 is 1.38 bits per heavy atom. The van der Waals surface area contributed by atoms with E-state index in [4.69, 9.17) is 0 Å². The molecule has 6 nitrogen and oxygen atoms in total. The van der Waals surface area contributed by atoms with Crippen molar-refractivity contribution in [2.24, 2.45) is 5.10 Å². The van der Waals surface area contributed by atoms with Crippen LogP contribution in [-0.2, 0) is 4.79 Å². The number of carbonyl (C=O) groups excluding carboxylic acids is 1. The molecule has 0 spiro atoms. The number of anilines is 1. The van der Waals surface area contributed by atoms with Crippen molar-refractivity contribution < 1.29 is 9.72 Å². The van der Waals surface area contributed by atoms with Gasteiger partial charge in [0.15, 0.2) is 6.29 Å². The molecule has 1 aliphatic heterocycles. The molecular formula is C10H9N3O3. The molecule has 0 fully saturated rings. The first-order chi connectivity index (χ1) is 7.70. The van der Waals surface area contributed by atoms with Crippen molar-refractivity contribution in [3.8, 4) is 0 Å². The molecule has 0 unspecified atom stereocenters. The highest BCUT2D eigenvalue weighted by Gasteiger charge is 2.15. The zero-order chi connectivity index (χ0) is 11.5. The number of carbonyl (C=O) groups is 1. The lowest BCUT2D eigenvalue weighted by atomic mass is 10.2. The summed E-state index contributed by atoms with van der Waals surface area (Å²) < 4.78 is 0. The summed E-state index contributed by atoms with van der Waals surface area (Å²) in [4.78, 5) is 20.5. The van der Waals surface area contributed by atoms with Gasteiger partial charge < -0.3 is 0 Å². The normalized spacial score (nSPS) is 14.8. The molecule has 0 saturated heterocycles.